The minimum Gasteiger partial charge on any atom is -0.388 e. The van der Waals surface area contributed by atoms with Gasteiger partial charge in [0.1, 0.15) is 0 Å². The first-order chi connectivity index (χ1) is 8.05. The lowest BCUT2D eigenvalue weighted by molar-refractivity contribution is 0.173. The van der Waals surface area contributed by atoms with Crippen LogP contribution < -0.4 is 4.72 Å². The van der Waals surface area contributed by atoms with E-state index in [0.29, 0.717) is 12.8 Å². The molecule has 0 aliphatic heterocycles. The van der Waals surface area contributed by atoms with Crippen LogP contribution >= 0.6 is 11.3 Å². The lowest BCUT2D eigenvalue weighted by Crippen LogP contribution is -2.28. The highest BCUT2D eigenvalue weighted by Gasteiger charge is 2.12. The van der Waals surface area contributed by atoms with Gasteiger partial charge in [-0.3, -0.25) is 0 Å². The molecule has 1 unspecified atom stereocenters. The molecule has 98 valence electrons. The molecule has 0 fully saturated rings. The molecule has 1 aromatic rings. The lowest BCUT2D eigenvalue weighted by atomic mass is 10.2. The van der Waals surface area contributed by atoms with Crippen LogP contribution in [0.4, 0.5) is 0 Å². The van der Waals surface area contributed by atoms with Gasteiger partial charge in [-0.1, -0.05) is 19.4 Å². The highest BCUT2D eigenvalue weighted by Crippen LogP contribution is 2.20. The summed E-state index contributed by atoms with van der Waals surface area (Å²) in [6.45, 7) is 2.24. The molecule has 1 aromatic heterocycles. The van der Waals surface area contributed by atoms with Crippen molar-refractivity contribution in [1.82, 2.24) is 4.72 Å². The number of hydrogen-bond acceptors (Lipinski definition) is 4. The molecule has 0 radical (unpaired) electrons. The van der Waals surface area contributed by atoms with Gasteiger partial charge < -0.3 is 5.11 Å². The minimum atomic E-state index is -3.17. The number of aliphatic hydroxyl groups excluding tert-OH is 1. The maximum atomic E-state index is 11.5. The number of aliphatic hydroxyl groups is 1. The summed E-state index contributed by atoms with van der Waals surface area (Å²) >= 11 is 1.48. The van der Waals surface area contributed by atoms with Crippen molar-refractivity contribution in [3.8, 4) is 0 Å². The Balaban J connectivity index is 2.28. The normalized spacial score (nSPS) is 13.8. The smallest absolute Gasteiger partial charge is 0.211 e. The van der Waals surface area contributed by atoms with E-state index in [1.165, 1.54) is 11.3 Å². The molecular formula is C11H19NO3S2. The quantitative estimate of drug-likeness (QED) is 0.762. The van der Waals surface area contributed by atoms with Crippen LogP contribution in [0.3, 0.4) is 0 Å². The van der Waals surface area contributed by atoms with E-state index < -0.39 is 16.1 Å². The van der Waals surface area contributed by atoms with Gasteiger partial charge in [0.2, 0.25) is 10.0 Å². The molecular weight excluding hydrogens is 258 g/mol. The van der Waals surface area contributed by atoms with Crippen LogP contribution in [0.15, 0.2) is 17.5 Å². The predicted molar refractivity (Wildman–Crippen MR) is 70.6 cm³/mol. The van der Waals surface area contributed by atoms with E-state index in [9.17, 15) is 13.5 Å². The van der Waals surface area contributed by atoms with Gasteiger partial charge in [0.25, 0.3) is 0 Å². The average Bonchev–Trinajstić information content (AvgIpc) is 2.79. The zero-order valence-electron chi connectivity index (χ0n) is 9.93. The van der Waals surface area contributed by atoms with Crippen LogP contribution in [0.1, 0.15) is 37.2 Å². The Morgan fingerprint density at radius 3 is 2.88 bits per heavy atom. The predicted octanol–water partition coefficient (Wildman–Crippen LogP) is 1.89. The lowest BCUT2D eigenvalue weighted by Gasteiger charge is -2.09. The third kappa shape index (κ3) is 5.63. The summed E-state index contributed by atoms with van der Waals surface area (Å²) in [7, 11) is -3.17. The van der Waals surface area contributed by atoms with Gasteiger partial charge in [-0.15, -0.1) is 11.3 Å². The number of unbranched alkanes of at least 4 members (excludes halogenated alkanes) is 1. The van der Waals surface area contributed by atoms with Crippen molar-refractivity contribution in [2.24, 2.45) is 0 Å². The Bertz CT molecular complexity index is 400. The van der Waals surface area contributed by atoms with E-state index in [1.54, 1.807) is 0 Å². The van der Waals surface area contributed by atoms with E-state index in [2.05, 4.69) is 4.72 Å². The largest absolute Gasteiger partial charge is 0.388 e. The number of rotatable bonds is 8. The highest BCUT2D eigenvalue weighted by atomic mass is 32.2. The van der Waals surface area contributed by atoms with Gasteiger partial charge in [0.05, 0.1) is 11.9 Å². The molecule has 0 aliphatic rings. The van der Waals surface area contributed by atoms with Gasteiger partial charge in [-0.25, -0.2) is 13.1 Å². The van der Waals surface area contributed by atoms with Crippen LogP contribution in [-0.4, -0.2) is 25.8 Å². The van der Waals surface area contributed by atoms with Gasteiger partial charge in [0.15, 0.2) is 0 Å². The maximum absolute atomic E-state index is 11.5. The fourth-order valence-corrected chi connectivity index (χ4v) is 3.37. The van der Waals surface area contributed by atoms with E-state index in [0.717, 1.165) is 11.3 Å². The molecule has 4 nitrogen and oxygen atoms in total. The molecule has 1 heterocycles. The standard InChI is InChI=1S/C11H19NO3S2/c1-2-3-9-17(14,15)12-7-6-10(13)11-5-4-8-16-11/h4-5,8,10,12-13H,2-3,6-7,9H2,1H3. The summed E-state index contributed by atoms with van der Waals surface area (Å²) in [4.78, 5) is 0.873. The minimum absolute atomic E-state index is 0.165. The Hall–Kier alpha value is -0.430. The van der Waals surface area contributed by atoms with Gasteiger partial charge in [-0.2, -0.15) is 0 Å². The third-order valence-electron chi connectivity index (χ3n) is 2.38. The molecule has 0 saturated carbocycles. The Kier molecular flexibility index (Phi) is 6.11. The Morgan fingerprint density at radius 1 is 1.53 bits per heavy atom. The first kappa shape index (κ1) is 14.6. The molecule has 17 heavy (non-hydrogen) atoms. The van der Waals surface area contributed by atoms with Crippen LogP contribution in [0, 0.1) is 0 Å². The van der Waals surface area contributed by atoms with E-state index >= 15 is 0 Å². The number of sulfonamides is 1. The van der Waals surface area contributed by atoms with Crippen molar-refractivity contribution in [2.75, 3.05) is 12.3 Å². The second-order valence-electron chi connectivity index (χ2n) is 3.89. The summed E-state index contributed by atoms with van der Waals surface area (Å²) in [5.41, 5.74) is 0. The van der Waals surface area contributed by atoms with Crippen molar-refractivity contribution in [1.29, 1.82) is 0 Å². The van der Waals surface area contributed by atoms with Crippen LogP contribution in [0.2, 0.25) is 0 Å². The SMILES string of the molecule is CCCCS(=O)(=O)NCCC(O)c1cccs1. The molecule has 0 aliphatic carbocycles. The van der Waals surface area contributed by atoms with Crippen molar-refractivity contribution >= 4 is 21.4 Å². The van der Waals surface area contributed by atoms with Gasteiger partial charge >= 0.3 is 0 Å². The van der Waals surface area contributed by atoms with Crippen molar-refractivity contribution in [3.05, 3.63) is 22.4 Å². The molecule has 0 amide bonds. The summed E-state index contributed by atoms with van der Waals surface area (Å²) in [5, 5.41) is 11.7. The molecule has 0 spiro atoms. The number of nitrogens with one attached hydrogen (secondary N) is 1. The maximum Gasteiger partial charge on any atom is 0.211 e. The first-order valence-electron chi connectivity index (χ1n) is 5.74. The third-order valence-corrected chi connectivity index (χ3v) is 4.82. The van der Waals surface area contributed by atoms with Crippen molar-refractivity contribution < 1.29 is 13.5 Å². The van der Waals surface area contributed by atoms with Crippen molar-refractivity contribution in [3.63, 3.8) is 0 Å². The van der Waals surface area contributed by atoms with Gasteiger partial charge in [-0.05, 0) is 24.3 Å². The summed E-state index contributed by atoms with van der Waals surface area (Å²) < 4.78 is 25.4. The Labute approximate surface area is 107 Å². The van der Waals surface area contributed by atoms with Crippen molar-refractivity contribution in [2.45, 2.75) is 32.3 Å². The average molecular weight is 277 g/mol. The van der Waals surface area contributed by atoms with E-state index in [4.69, 9.17) is 0 Å². The van der Waals surface area contributed by atoms with Crippen LogP contribution in [0.25, 0.3) is 0 Å². The molecule has 0 bridgehead atoms. The Morgan fingerprint density at radius 2 is 2.29 bits per heavy atom. The highest BCUT2D eigenvalue weighted by molar-refractivity contribution is 7.89. The van der Waals surface area contributed by atoms with Crippen LogP contribution in [0.5, 0.6) is 0 Å². The fourth-order valence-electron chi connectivity index (χ4n) is 1.38. The van der Waals surface area contributed by atoms with E-state index in [-0.39, 0.29) is 12.3 Å². The summed E-state index contributed by atoms with van der Waals surface area (Å²) in [6, 6.07) is 3.72. The van der Waals surface area contributed by atoms with Gasteiger partial charge in [0, 0.05) is 11.4 Å². The summed E-state index contributed by atoms with van der Waals surface area (Å²) in [5.74, 6) is 0.165. The second kappa shape index (κ2) is 7.10. The number of hydrogen-bond donors (Lipinski definition) is 2. The zero-order valence-corrected chi connectivity index (χ0v) is 11.6. The fraction of sp³-hybridized carbons (Fsp3) is 0.636. The summed E-state index contributed by atoms with van der Waals surface area (Å²) in [6.07, 6.45) is 1.36. The first-order valence-corrected chi connectivity index (χ1v) is 8.27. The zero-order chi connectivity index (χ0) is 12.7. The monoisotopic (exact) mass is 277 g/mol. The molecule has 2 N–H and O–H groups in total. The van der Waals surface area contributed by atoms with E-state index in [1.807, 2.05) is 24.4 Å². The molecule has 1 rings (SSSR count). The second-order valence-corrected chi connectivity index (χ2v) is 6.79. The molecule has 6 heteroatoms. The van der Waals surface area contributed by atoms with Crippen LogP contribution in [-0.2, 0) is 10.0 Å². The molecule has 0 saturated heterocycles. The number of thiophene rings is 1. The molecule has 0 aromatic carbocycles. The topological polar surface area (TPSA) is 66.4 Å². The molecule has 1 atom stereocenters.